The van der Waals surface area contributed by atoms with Gasteiger partial charge in [-0.05, 0) is 90.9 Å². The van der Waals surface area contributed by atoms with Crippen LogP contribution in [0.15, 0.2) is 0 Å². The highest BCUT2D eigenvalue weighted by molar-refractivity contribution is 7.55. The van der Waals surface area contributed by atoms with Gasteiger partial charge in [0.15, 0.2) is 0 Å². The molecular formula is C33H76N8O14P4. The second kappa shape index (κ2) is 34.7. The highest BCUT2D eigenvalue weighted by Gasteiger charge is 2.34. The van der Waals surface area contributed by atoms with E-state index < -0.39 is 30.4 Å². The van der Waals surface area contributed by atoms with Gasteiger partial charge in [0.1, 0.15) is 25.1 Å². The number of nitrogens with zero attached hydrogens (tertiary/aromatic N) is 2. The number of unbranched alkanes of at least 4 members (excludes halogenated alkanes) is 2. The van der Waals surface area contributed by atoms with E-state index in [1.165, 1.54) is 66.7 Å². The van der Waals surface area contributed by atoms with E-state index in [1.807, 2.05) is 0 Å². The van der Waals surface area contributed by atoms with Crippen molar-refractivity contribution in [2.75, 3.05) is 161 Å². The highest BCUT2D eigenvalue weighted by Crippen LogP contribution is 2.52. The summed E-state index contributed by atoms with van der Waals surface area (Å²) in [6.45, 7) is 7.57. The maximum absolute atomic E-state index is 12.6. The average molecular weight is 933 g/mol. The van der Waals surface area contributed by atoms with Gasteiger partial charge in [0, 0.05) is 70.0 Å². The Kier molecular flexibility index (Phi) is 34.3. The zero-order valence-corrected chi connectivity index (χ0v) is 40.2. The predicted octanol–water partition coefficient (Wildman–Crippen LogP) is 2.69. The third kappa shape index (κ3) is 29.3. The maximum atomic E-state index is 12.6. The summed E-state index contributed by atoms with van der Waals surface area (Å²) in [5.74, 6) is -0.644. The highest BCUT2D eigenvalue weighted by atomic mass is 31.2. The van der Waals surface area contributed by atoms with Crippen molar-refractivity contribution in [1.29, 1.82) is 0 Å². The first-order valence-corrected chi connectivity index (χ1v) is 26.7. The van der Waals surface area contributed by atoms with Crippen LogP contribution >= 0.6 is 30.4 Å². The molecule has 0 heterocycles. The lowest BCUT2D eigenvalue weighted by Gasteiger charge is -2.27. The molecule has 59 heavy (non-hydrogen) atoms. The van der Waals surface area contributed by atoms with Gasteiger partial charge in [-0.25, -0.2) is 0 Å². The second-order valence-electron chi connectivity index (χ2n) is 13.3. The van der Waals surface area contributed by atoms with E-state index >= 15 is 0 Å². The summed E-state index contributed by atoms with van der Waals surface area (Å²) in [6.07, 6.45) is 5.82. The third-order valence-electron chi connectivity index (χ3n) is 8.78. The summed E-state index contributed by atoms with van der Waals surface area (Å²) in [6, 6.07) is 0. The quantitative estimate of drug-likeness (QED) is 0.0380. The summed E-state index contributed by atoms with van der Waals surface area (Å²) in [7, 11) is -4.09. The Morgan fingerprint density at radius 1 is 0.356 bits per heavy atom. The molecule has 0 bridgehead atoms. The Labute approximate surface area is 352 Å². The van der Waals surface area contributed by atoms with Crippen LogP contribution in [-0.4, -0.2) is 182 Å². The molecule has 352 valence electrons. The third-order valence-corrected chi connectivity index (χ3v) is 16.2. The molecule has 0 aliphatic heterocycles. The lowest BCUT2D eigenvalue weighted by atomic mass is 10.2. The van der Waals surface area contributed by atoms with Gasteiger partial charge in [-0.1, -0.05) is 6.42 Å². The van der Waals surface area contributed by atoms with E-state index in [2.05, 4.69) is 31.9 Å². The standard InChI is InChI=1S/C33H76N8O14P4/c1-48-56(44,49-2)28-40(29-57(45,50-3)51-4)26-32(42)38-24-14-22-36-20-12-18-34-16-10-9-11-17-35-19-13-21-37-23-15-25-39-33(43)27-41(30-58(46,52-5)53-6)31-59(47,54-7)55-8/h34-37H,9-31H2,1-8H3,(H,38,42)(H,39,43). The number of amides is 2. The van der Waals surface area contributed by atoms with Gasteiger partial charge < -0.3 is 68.1 Å². The van der Waals surface area contributed by atoms with Crippen LogP contribution < -0.4 is 31.9 Å². The maximum Gasteiger partial charge on any atom is 0.344 e. The topological polar surface area (TPSA) is 255 Å². The molecule has 0 saturated heterocycles. The van der Waals surface area contributed by atoms with Crippen LogP contribution in [0.5, 0.6) is 0 Å². The van der Waals surface area contributed by atoms with Crippen molar-refractivity contribution < 1.29 is 64.0 Å². The SMILES string of the molecule is COP(=O)(CN(CC(=O)NCCCNCCCNCCCCCNCCCNCCCNC(=O)CN(CP(=O)(OC)OC)CP(=O)(OC)OC)CP(=O)(OC)OC)OC. The molecule has 0 fully saturated rings. The fourth-order valence-electron chi connectivity index (χ4n) is 5.28. The molecule has 0 aromatic rings. The molecule has 0 radical (unpaired) electrons. The van der Waals surface area contributed by atoms with Crippen LogP contribution in [0.1, 0.15) is 44.9 Å². The van der Waals surface area contributed by atoms with Crippen molar-refractivity contribution in [1.82, 2.24) is 41.7 Å². The molecule has 0 rings (SSSR count). The number of hydrogen-bond donors (Lipinski definition) is 6. The van der Waals surface area contributed by atoms with E-state index in [-0.39, 0.29) is 50.0 Å². The molecule has 22 nitrogen and oxygen atoms in total. The van der Waals surface area contributed by atoms with Crippen molar-refractivity contribution in [3.63, 3.8) is 0 Å². The molecule has 2 amide bonds. The molecular weight excluding hydrogens is 856 g/mol. The summed E-state index contributed by atoms with van der Waals surface area (Å²) >= 11 is 0. The normalized spacial score (nSPS) is 12.8. The van der Waals surface area contributed by atoms with Gasteiger partial charge in [0.25, 0.3) is 0 Å². The Morgan fingerprint density at radius 2 is 0.576 bits per heavy atom. The van der Waals surface area contributed by atoms with E-state index in [0.717, 1.165) is 97.3 Å². The number of hydrogen-bond acceptors (Lipinski definition) is 20. The van der Waals surface area contributed by atoms with Crippen molar-refractivity contribution in [3.8, 4) is 0 Å². The first-order chi connectivity index (χ1) is 28.1. The van der Waals surface area contributed by atoms with Crippen LogP contribution in [0.25, 0.3) is 0 Å². The fraction of sp³-hybridized carbons (Fsp3) is 0.939. The molecule has 0 atom stereocenters. The summed E-state index contributed by atoms with van der Waals surface area (Å²) in [5, 5.41) is 19.3. The van der Waals surface area contributed by atoms with Gasteiger partial charge in [-0.2, -0.15) is 0 Å². The van der Waals surface area contributed by atoms with Gasteiger partial charge in [0.05, 0.1) is 13.1 Å². The average Bonchev–Trinajstić information content (AvgIpc) is 3.23. The van der Waals surface area contributed by atoms with Crippen molar-refractivity contribution in [3.05, 3.63) is 0 Å². The Hall–Kier alpha value is -0.700. The number of rotatable bonds is 42. The number of carbonyl (C=O) groups is 2. The molecule has 26 heteroatoms. The minimum atomic E-state index is -3.51. The van der Waals surface area contributed by atoms with Crippen LogP contribution in [0, 0.1) is 0 Å². The first kappa shape index (κ1) is 58.3. The molecule has 0 unspecified atom stereocenters. The van der Waals surface area contributed by atoms with Gasteiger partial charge in [0.2, 0.25) is 11.8 Å². The van der Waals surface area contributed by atoms with E-state index in [4.69, 9.17) is 36.2 Å². The van der Waals surface area contributed by atoms with Crippen LogP contribution in [0.4, 0.5) is 0 Å². The van der Waals surface area contributed by atoms with E-state index in [9.17, 15) is 27.8 Å². The fourth-order valence-corrected chi connectivity index (χ4v) is 9.88. The van der Waals surface area contributed by atoms with Crippen molar-refractivity contribution in [2.24, 2.45) is 0 Å². The Morgan fingerprint density at radius 3 is 0.814 bits per heavy atom. The molecule has 0 aliphatic rings. The summed E-state index contributed by atoms with van der Waals surface area (Å²) < 4.78 is 90.2. The smallest absolute Gasteiger partial charge is 0.344 e. The van der Waals surface area contributed by atoms with E-state index in [1.54, 1.807) is 0 Å². The zero-order valence-electron chi connectivity index (χ0n) is 36.7. The van der Waals surface area contributed by atoms with Crippen LogP contribution in [-0.2, 0) is 64.0 Å². The van der Waals surface area contributed by atoms with Crippen LogP contribution in [0.2, 0.25) is 0 Å². The summed E-state index contributed by atoms with van der Waals surface area (Å²) in [5.41, 5.74) is 0. The molecule has 0 spiro atoms. The second-order valence-corrected chi connectivity index (χ2v) is 22.2. The van der Waals surface area contributed by atoms with E-state index in [0.29, 0.717) is 13.1 Å². The molecule has 0 aromatic heterocycles. The molecule has 6 N–H and O–H groups in total. The molecule has 0 saturated carbocycles. The first-order valence-electron chi connectivity index (χ1n) is 19.8. The largest absolute Gasteiger partial charge is 0.355 e. The van der Waals surface area contributed by atoms with Crippen molar-refractivity contribution >= 4 is 42.2 Å². The van der Waals surface area contributed by atoms with Gasteiger partial charge >= 0.3 is 30.4 Å². The lowest BCUT2D eigenvalue weighted by molar-refractivity contribution is -0.122. The molecule has 0 aromatic carbocycles. The summed E-state index contributed by atoms with van der Waals surface area (Å²) in [4.78, 5) is 27.8. The van der Waals surface area contributed by atoms with Crippen LogP contribution in [0.3, 0.4) is 0 Å². The number of carbonyl (C=O) groups excluding carboxylic acids is 2. The lowest BCUT2D eigenvalue weighted by Crippen LogP contribution is -2.39. The molecule has 0 aliphatic carbocycles. The van der Waals surface area contributed by atoms with Gasteiger partial charge in [-0.15, -0.1) is 0 Å². The predicted molar refractivity (Wildman–Crippen MR) is 229 cm³/mol. The minimum Gasteiger partial charge on any atom is -0.355 e. The monoisotopic (exact) mass is 932 g/mol. The zero-order chi connectivity index (χ0) is 44.5. The van der Waals surface area contributed by atoms with Gasteiger partial charge in [-0.3, -0.25) is 37.6 Å². The van der Waals surface area contributed by atoms with Crippen molar-refractivity contribution in [2.45, 2.75) is 44.9 Å². The Balaban J connectivity index is 3.85. The number of nitrogens with one attached hydrogen (secondary N) is 6. The Bertz CT molecular complexity index is 1130. The minimum absolute atomic E-state index is 0.182.